The summed E-state index contributed by atoms with van der Waals surface area (Å²) >= 11 is 0. The number of methoxy groups -OCH3 is 1. The number of ether oxygens (including phenoxy) is 1. The van der Waals surface area contributed by atoms with Crippen LogP contribution < -0.4 is 4.74 Å². The highest BCUT2D eigenvalue weighted by Crippen LogP contribution is 2.31. The first-order valence-electron chi connectivity index (χ1n) is 6.45. The molecule has 1 aromatic rings. The molecule has 1 aliphatic carbocycles. The van der Waals surface area contributed by atoms with E-state index in [4.69, 9.17) is 4.74 Å². The predicted octanol–water partition coefficient (Wildman–Crippen LogP) is 2.82. The van der Waals surface area contributed by atoms with Gasteiger partial charge in [-0.1, -0.05) is 19.9 Å². The van der Waals surface area contributed by atoms with Crippen LogP contribution in [0.4, 0.5) is 0 Å². The Balaban J connectivity index is 2.17. The lowest BCUT2D eigenvalue weighted by molar-refractivity contribution is 0.0577. The van der Waals surface area contributed by atoms with Crippen molar-refractivity contribution >= 4 is 0 Å². The lowest BCUT2D eigenvalue weighted by atomic mass is 9.78. The molecule has 17 heavy (non-hydrogen) atoms. The molecule has 1 aliphatic rings. The maximum absolute atomic E-state index is 10.2. The molecule has 1 aromatic carbocycles. The van der Waals surface area contributed by atoms with E-state index in [1.165, 1.54) is 11.1 Å². The van der Waals surface area contributed by atoms with E-state index in [1.54, 1.807) is 7.11 Å². The number of aliphatic hydroxyl groups is 1. The molecule has 0 bridgehead atoms. The van der Waals surface area contributed by atoms with E-state index in [0.717, 1.165) is 25.0 Å². The van der Waals surface area contributed by atoms with Crippen molar-refractivity contribution < 1.29 is 9.84 Å². The molecule has 0 aromatic heterocycles. The summed E-state index contributed by atoms with van der Waals surface area (Å²) in [6, 6.07) is 6.30. The molecule has 2 unspecified atom stereocenters. The first-order valence-corrected chi connectivity index (χ1v) is 6.45. The van der Waals surface area contributed by atoms with Gasteiger partial charge in [-0.15, -0.1) is 0 Å². The van der Waals surface area contributed by atoms with Crippen LogP contribution in [-0.2, 0) is 12.8 Å². The minimum Gasteiger partial charge on any atom is -0.497 e. The van der Waals surface area contributed by atoms with Crippen molar-refractivity contribution in [2.45, 2.75) is 39.2 Å². The Morgan fingerprint density at radius 2 is 2.06 bits per heavy atom. The maximum Gasteiger partial charge on any atom is 0.119 e. The molecule has 2 nitrogen and oxygen atoms in total. The minimum atomic E-state index is -0.186. The SMILES string of the molecule is COc1ccc2c(c1)CC(C(O)C(C)C)CC2. The number of hydrogen-bond acceptors (Lipinski definition) is 2. The molecule has 0 saturated heterocycles. The van der Waals surface area contributed by atoms with E-state index < -0.39 is 0 Å². The van der Waals surface area contributed by atoms with Gasteiger partial charge in [-0.2, -0.15) is 0 Å². The highest BCUT2D eigenvalue weighted by molar-refractivity contribution is 5.37. The molecular formula is C15H22O2. The van der Waals surface area contributed by atoms with E-state index in [1.807, 2.05) is 6.07 Å². The molecule has 2 atom stereocenters. The van der Waals surface area contributed by atoms with Gasteiger partial charge in [-0.05, 0) is 54.4 Å². The predicted molar refractivity (Wildman–Crippen MR) is 69.4 cm³/mol. The van der Waals surface area contributed by atoms with Crippen molar-refractivity contribution in [1.82, 2.24) is 0 Å². The number of fused-ring (bicyclic) bond motifs is 1. The van der Waals surface area contributed by atoms with E-state index in [-0.39, 0.29) is 6.10 Å². The molecule has 0 amide bonds. The van der Waals surface area contributed by atoms with Crippen LogP contribution in [0.2, 0.25) is 0 Å². The van der Waals surface area contributed by atoms with Gasteiger partial charge in [-0.25, -0.2) is 0 Å². The molecule has 1 N–H and O–H groups in total. The van der Waals surface area contributed by atoms with Crippen molar-refractivity contribution in [2.75, 3.05) is 7.11 Å². The van der Waals surface area contributed by atoms with E-state index in [2.05, 4.69) is 26.0 Å². The van der Waals surface area contributed by atoms with E-state index in [0.29, 0.717) is 11.8 Å². The molecule has 94 valence electrons. The van der Waals surface area contributed by atoms with Crippen LogP contribution >= 0.6 is 0 Å². The smallest absolute Gasteiger partial charge is 0.119 e. The second kappa shape index (κ2) is 5.09. The molecule has 0 radical (unpaired) electrons. The third-order valence-corrected chi connectivity index (χ3v) is 3.85. The summed E-state index contributed by atoms with van der Waals surface area (Å²) in [5.74, 6) is 1.66. The Morgan fingerprint density at radius 3 is 2.71 bits per heavy atom. The van der Waals surface area contributed by atoms with E-state index >= 15 is 0 Å². The largest absolute Gasteiger partial charge is 0.497 e. The monoisotopic (exact) mass is 234 g/mol. The molecule has 0 aliphatic heterocycles. The average Bonchev–Trinajstić information content (AvgIpc) is 2.36. The lowest BCUT2D eigenvalue weighted by Gasteiger charge is -2.30. The maximum atomic E-state index is 10.2. The Bertz CT molecular complexity index is 385. The highest BCUT2D eigenvalue weighted by atomic mass is 16.5. The first kappa shape index (κ1) is 12.4. The summed E-state index contributed by atoms with van der Waals surface area (Å²) in [4.78, 5) is 0. The molecule has 0 heterocycles. The quantitative estimate of drug-likeness (QED) is 0.871. The van der Waals surface area contributed by atoms with Crippen molar-refractivity contribution in [3.63, 3.8) is 0 Å². The van der Waals surface area contributed by atoms with Gasteiger partial charge in [0.15, 0.2) is 0 Å². The Hall–Kier alpha value is -1.02. The lowest BCUT2D eigenvalue weighted by Crippen LogP contribution is -2.30. The van der Waals surface area contributed by atoms with Gasteiger partial charge in [0.05, 0.1) is 13.2 Å². The van der Waals surface area contributed by atoms with Gasteiger partial charge >= 0.3 is 0 Å². The summed E-state index contributed by atoms with van der Waals surface area (Å²) in [6.07, 6.45) is 2.97. The normalized spacial score (nSPS) is 21.1. The number of aryl methyl sites for hydroxylation is 1. The number of benzene rings is 1. The number of rotatable bonds is 3. The fraction of sp³-hybridized carbons (Fsp3) is 0.600. The van der Waals surface area contributed by atoms with Gasteiger partial charge < -0.3 is 9.84 Å². The van der Waals surface area contributed by atoms with E-state index in [9.17, 15) is 5.11 Å². The third-order valence-electron chi connectivity index (χ3n) is 3.85. The molecule has 0 fully saturated rings. The number of aliphatic hydroxyl groups excluding tert-OH is 1. The zero-order valence-corrected chi connectivity index (χ0v) is 10.9. The van der Waals surface area contributed by atoms with Crippen molar-refractivity contribution in [3.8, 4) is 5.75 Å². The van der Waals surface area contributed by atoms with Crippen LogP contribution in [0.25, 0.3) is 0 Å². The van der Waals surface area contributed by atoms with Crippen LogP contribution in [-0.4, -0.2) is 18.3 Å². The van der Waals surface area contributed by atoms with Gasteiger partial charge in [-0.3, -0.25) is 0 Å². The molecule has 0 saturated carbocycles. The van der Waals surface area contributed by atoms with Crippen molar-refractivity contribution in [1.29, 1.82) is 0 Å². The Kier molecular flexibility index (Phi) is 3.72. The third kappa shape index (κ3) is 2.63. The van der Waals surface area contributed by atoms with Gasteiger partial charge in [0.2, 0.25) is 0 Å². The molecule has 0 spiro atoms. The average molecular weight is 234 g/mol. The summed E-state index contributed by atoms with van der Waals surface area (Å²) < 4.78 is 5.26. The molecule has 2 heteroatoms. The standard InChI is InChI=1S/C15H22O2/c1-10(2)15(16)12-5-4-11-6-7-14(17-3)9-13(11)8-12/h6-7,9-10,12,15-16H,4-5,8H2,1-3H3. The number of hydrogen-bond donors (Lipinski definition) is 1. The summed E-state index contributed by atoms with van der Waals surface area (Å²) in [5, 5.41) is 10.2. The zero-order valence-electron chi connectivity index (χ0n) is 10.9. The van der Waals surface area contributed by atoms with Crippen molar-refractivity contribution in [2.24, 2.45) is 11.8 Å². The van der Waals surface area contributed by atoms with Crippen LogP contribution in [0.5, 0.6) is 5.75 Å². The van der Waals surface area contributed by atoms with Gasteiger partial charge in [0, 0.05) is 0 Å². The first-order chi connectivity index (χ1) is 8.11. The zero-order chi connectivity index (χ0) is 12.4. The second-order valence-corrected chi connectivity index (χ2v) is 5.37. The van der Waals surface area contributed by atoms with Crippen LogP contribution in [0.1, 0.15) is 31.4 Å². The second-order valence-electron chi connectivity index (χ2n) is 5.37. The summed E-state index contributed by atoms with van der Waals surface area (Å²) in [6.45, 7) is 4.18. The molecular weight excluding hydrogens is 212 g/mol. The topological polar surface area (TPSA) is 29.5 Å². The van der Waals surface area contributed by atoms with Crippen LogP contribution in [0.15, 0.2) is 18.2 Å². The van der Waals surface area contributed by atoms with Gasteiger partial charge in [0.1, 0.15) is 5.75 Å². The van der Waals surface area contributed by atoms with Gasteiger partial charge in [0.25, 0.3) is 0 Å². The highest BCUT2D eigenvalue weighted by Gasteiger charge is 2.26. The fourth-order valence-corrected chi connectivity index (χ4v) is 2.72. The molecule has 2 rings (SSSR count). The minimum absolute atomic E-state index is 0.186. The summed E-state index contributed by atoms with van der Waals surface area (Å²) in [7, 11) is 1.70. The Morgan fingerprint density at radius 1 is 1.29 bits per heavy atom. The fourth-order valence-electron chi connectivity index (χ4n) is 2.72. The van der Waals surface area contributed by atoms with Crippen molar-refractivity contribution in [3.05, 3.63) is 29.3 Å². The summed E-state index contributed by atoms with van der Waals surface area (Å²) in [5.41, 5.74) is 2.76. The van der Waals surface area contributed by atoms with Crippen LogP contribution in [0, 0.1) is 11.8 Å². The van der Waals surface area contributed by atoms with Crippen LogP contribution in [0.3, 0.4) is 0 Å². The Labute approximate surface area is 104 Å².